The molecule has 2 aliphatic rings. The number of hydrogen-bond acceptors (Lipinski definition) is 7. The van der Waals surface area contributed by atoms with Gasteiger partial charge in [0.25, 0.3) is 5.91 Å². The summed E-state index contributed by atoms with van der Waals surface area (Å²) in [6, 6.07) is 7.21. The number of aromatic nitrogens is 5. The lowest BCUT2D eigenvalue weighted by Gasteiger charge is -2.34. The first-order valence-corrected chi connectivity index (χ1v) is 10.5. The van der Waals surface area contributed by atoms with Crippen LogP contribution in [0.3, 0.4) is 0 Å². The van der Waals surface area contributed by atoms with Crippen LogP contribution >= 0.6 is 0 Å². The molecule has 2 bridgehead atoms. The van der Waals surface area contributed by atoms with Gasteiger partial charge in [-0.2, -0.15) is 13.2 Å². The maximum absolute atomic E-state index is 13.6. The van der Waals surface area contributed by atoms with Crippen molar-refractivity contribution in [1.29, 1.82) is 0 Å². The normalized spacial score (nSPS) is 21.9. The Bertz CT molecular complexity index is 1170. The molecule has 1 saturated heterocycles. The lowest BCUT2D eigenvalue weighted by molar-refractivity contribution is -0.141. The highest BCUT2D eigenvalue weighted by molar-refractivity contribution is 5.98. The van der Waals surface area contributed by atoms with E-state index in [-0.39, 0.29) is 23.8 Å². The van der Waals surface area contributed by atoms with Crippen LogP contribution in [0.15, 0.2) is 42.7 Å². The molecule has 3 aromatic rings. The van der Waals surface area contributed by atoms with Gasteiger partial charge >= 0.3 is 6.18 Å². The number of nitrogens with zero attached hydrogens (tertiary/aromatic N) is 6. The minimum absolute atomic E-state index is 0.126. The second-order valence-corrected chi connectivity index (χ2v) is 8.34. The molecule has 33 heavy (non-hydrogen) atoms. The summed E-state index contributed by atoms with van der Waals surface area (Å²) in [4.78, 5) is 28.4. The van der Waals surface area contributed by atoms with Crippen molar-refractivity contribution in [1.82, 2.24) is 30.0 Å². The number of alkyl halides is 3. The van der Waals surface area contributed by atoms with Crippen molar-refractivity contribution in [2.75, 3.05) is 11.9 Å². The molecule has 1 amide bonds. The Balaban J connectivity index is 1.37. The number of halogens is 3. The Labute approximate surface area is 187 Å². The summed E-state index contributed by atoms with van der Waals surface area (Å²) in [6.45, 7) is 2.42. The summed E-state index contributed by atoms with van der Waals surface area (Å²) in [6.07, 6.45) is 0.286. The number of carbonyl (C=O) groups excluding carboxylic acids is 1. The molecule has 1 aliphatic carbocycles. The monoisotopic (exact) mass is 455 g/mol. The Kier molecular flexibility index (Phi) is 5.18. The van der Waals surface area contributed by atoms with Gasteiger partial charge in [-0.05, 0) is 56.0 Å². The summed E-state index contributed by atoms with van der Waals surface area (Å²) >= 11 is 0. The average Bonchev–Trinajstić information content (AvgIpc) is 3.39. The van der Waals surface area contributed by atoms with E-state index >= 15 is 0 Å². The van der Waals surface area contributed by atoms with Crippen LogP contribution in [0.2, 0.25) is 0 Å². The average molecular weight is 455 g/mol. The molecule has 0 spiro atoms. The molecule has 170 valence electrons. The summed E-state index contributed by atoms with van der Waals surface area (Å²) in [5, 5.41) is 10.1. The summed E-state index contributed by atoms with van der Waals surface area (Å²) < 4.78 is 38.2. The van der Waals surface area contributed by atoms with Gasteiger partial charge in [-0.25, -0.2) is 15.0 Å². The first-order valence-electron chi connectivity index (χ1n) is 10.5. The number of pyridine rings is 1. The molecule has 0 radical (unpaired) electrons. The number of nitrogens with one attached hydrogen (secondary N) is 1. The molecule has 5 rings (SSSR count). The van der Waals surface area contributed by atoms with E-state index in [0.717, 1.165) is 18.9 Å². The second kappa shape index (κ2) is 8.05. The van der Waals surface area contributed by atoms with Gasteiger partial charge in [0.05, 0.1) is 11.6 Å². The Morgan fingerprint density at radius 3 is 2.55 bits per heavy atom. The van der Waals surface area contributed by atoms with Crippen molar-refractivity contribution < 1.29 is 18.0 Å². The molecule has 11 heteroatoms. The van der Waals surface area contributed by atoms with Crippen molar-refractivity contribution in [3.8, 4) is 11.4 Å². The molecular weight excluding hydrogens is 435 g/mol. The van der Waals surface area contributed by atoms with E-state index in [1.165, 1.54) is 6.07 Å². The fourth-order valence-corrected chi connectivity index (χ4v) is 4.64. The molecular formula is C22H20F3N7O. The maximum Gasteiger partial charge on any atom is 0.435 e. The molecule has 3 aromatic heterocycles. The third-order valence-electron chi connectivity index (χ3n) is 6.07. The second-order valence-electron chi connectivity index (χ2n) is 8.34. The Hall–Kier alpha value is -3.63. The van der Waals surface area contributed by atoms with Gasteiger partial charge in [-0.3, -0.25) is 4.79 Å². The number of carbonyl (C=O) groups is 1. The van der Waals surface area contributed by atoms with E-state index in [1.807, 2.05) is 13.0 Å². The van der Waals surface area contributed by atoms with E-state index in [9.17, 15) is 18.0 Å². The number of piperidine rings is 1. The van der Waals surface area contributed by atoms with Crippen molar-refractivity contribution in [3.05, 3.63) is 59.8 Å². The van der Waals surface area contributed by atoms with Gasteiger partial charge in [0.1, 0.15) is 11.5 Å². The molecule has 2 fully saturated rings. The number of rotatable bonds is 4. The highest BCUT2D eigenvalue weighted by Gasteiger charge is 2.48. The molecule has 1 saturated carbocycles. The minimum atomic E-state index is -4.54. The Morgan fingerprint density at radius 2 is 1.88 bits per heavy atom. The van der Waals surface area contributed by atoms with E-state index in [2.05, 4.69) is 30.5 Å². The van der Waals surface area contributed by atoms with E-state index in [0.29, 0.717) is 35.2 Å². The van der Waals surface area contributed by atoms with Gasteiger partial charge in [0, 0.05) is 30.7 Å². The SMILES string of the molecule is Cc1ccc(-c2ncccn2)c(C(=O)N2C[C@H]3C[C@@H](Nc4ccc(C(F)(F)F)nn4)[C@@H]2C3)n1. The van der Waals surface area contributed by atoms with Gasteiger partial charge in [-0.1, -0.05) is 0 Å². The van der Waals surface area contributed by atoms with Crippen molar-refractivity contribution >= 4 is 11.7 Å². The number of fused-ring (bicyclic) bond motifs is 2. The van der Waals surface area contributed by atoms with Gasteiger partial charge in [0.15, 0.2) is 11.5 Å². The summed E-state index contributed by atoms with van der Waals surface area (Å²) in [7, 11) is 0. The third-order valence-corrected chi connectivity index (χ3v) is 6.07. The predicted octanol–water partition coefficient (Wildman–Crippen LogP) is 3.37. The topological polar surface area (TPSA) is 96.8 Å². The molecule has 0 aromatic carbocycles. The van der Waals surface area contributed by atoms with Crippen LogP contribution in [0, 0.1) is 12.8 Å². The summed E-state index contributed by atoms with van der Waals surface area (Å²) in [5.41, 5.74) is 0.519. The number of likely N-dealkylation sites (tertiary alicyclic amines) is 1. The smallest absolute Gasteiger partial charge is 0.364 e. The largest absolute Gasteiger partial charge is 0.435 e. The van der Waals surface area contributed by atoms with Gasteiger partial charge in [0.2, 0.25) is 0 Å². The molecule has 8 nitrogen and oxygen atoms in total. The lowest BCUT2D eigenvalue weighted by atomic mass is 10.0. The maximum atomic E-state index is 13.6. The zero-order chi connectivity index (χ0) is 23.2. The highest BCUT2D eigenvalue weighted by atomic mass is 19.4. The molecule has 1 aliphatic heterocycles. The van der Waals surface area contributed by atoms with E-state index in [4.69, 9.17) is 0 Å². The van der Waals surface area contributed by atoms with Crippen molar-refractivity contribution in [2.45, 2.75) is 38.0 Å². The lowest BCUT2D eigenvalue weighted by Crippen LogP contribution is -2.48. The zero-order valence-electron chi connectivity index (χ0n) is 17.6. The fourth-order valence-electron chi connectivity index (χ4n) is 4.64. The Morgan fingerprint density at radius 1 is 1.09 bits per heavy atom. The van der Waals surface area contributed by atoms with Crippen LogP contribution in [-0.2, 0) is 6.18 Å². The van der Waals surface area contributed by atoms with Gasteiger partial charge < -0.3 is 10.2 Å². The number of aryl methyl sites for hydroxylation is 1. The van der Waals surface area contributed by atoms with Crippen molar-refractivity contribution in [3.63, 3.8) is 0 Å². The zero-order valence-corrected chi connectivity index (χ0v) is 17.6. The van der Waals surface area contributed by atoms with Crippen LogP contribution in [0.5, 0.6) is 0 Å². The minimum Gasteiger partial charge on any atom is -0.364 e. The molecule has 1 N–H and O–H groups in total. The van der Waals surface area contributed by atoms with E-state index in [1.54, 1.807) is 29.4 Å². The van der Waals surface area contributed by atoms with Crippen molar-refractivity contribution in [2.24, 2.45) is 5.92 Å². The predicted molar refractivity (Wildman–Crippen MR) is 112 cm³/mol. The standard InChI is InChI=1S/C22H20F3N7O/c1-12-3-4-14(20-26-7-2-8-27-20)19(28-12)21(33)32-11-13-9-15(16(32)10-13)29-18-6-5-17(30-31-18)22(23,24)25/h2-8,13,15-16H,9-11H2,1H3,(H,29,31)/t13-,15+,16-/m0/s1. The van der Waals surface area contributed by atoms with Crippen LogP contribution in [0.1, 0.15) is 34.7 Å². The third kappa shape index (κ3) is 4.10. The summed E-state index contributed by atoms with van der Waals surface area (Å²) in [5.74, 6) is 0.756. The fraction of sp³-hybridized carbons (Fsp3) is 0.364. The quantitative estimate of drug-likeness (QED) is 0.644. The first-order chi connectivity index (χ1) is 15.8. The number of anilines is 1. The molecule has 3 atom stereocenters. The van der Waals surface area contributed by atoms with Gasteiger partial charge in [-0.15, -0.1) is 10.2 Å². The van der Waals surface area contributed by atoms with Crippen LogP contribution in [0.4, 0.5) is 19.0 Å². The highest BCUT2D eigenvalue weighted by Crippen LogP contribution is 2.40. The van der Waals surface area contributed by atoms with Crippen LogP contribution < -0.4 is 5.32 Å². The number of amides is 1. The van der Waals surface area contributed by atoms with Crippen LogP contribution in [-0.4, -0.2) is 54.6 Å². The van der Waals surface area contributed by atoms with Crippen LogP contribution in [0.25, 0.3) is 11.4 Å². The molecule has 0 unspecified atom stereocenters. The number of hydrogen-bond donors (Lipinski definition) is 1. The first kappa shape index (κ1) is 21.2. The van der Waals surface area contributed by atoms with E-state index < -0.39 is 11.9 Å². The molecule has 4 heterocycles.